The minimum absolute atomic E-state index is 0.125. The van der Waals surface area contributed by atoms with E-state index in [0.29, 0.717) is 18.7 Å². The van der Waals surface area contributed by atoms with Gasteiger partial charge in [-0.2, -0.15) is 0 Å². The van der Waals surface area contributed by atoms with Crippen LogP contribution in [-0.2, 0) is 6.54 Å². The van der Waals surface area contributed by atoms with E-state index in [9.17, 15) is 4.79 Å². The van der Waals surface area contributed by atoms with Crippen LogP contribution in [0, 0.1) is 0 Å². The van der Waals surface area contributed by atoms with Crippen LogP contribution in [0.4, 0.5) is 0 Å². The van der Waals surface area contributed by atoms with Gasteiger partial charge >= 0.3 is 5.63 Å². The van der Waals surface area contributed by atoms with E-state index in [1.807, 2.05) is 41.7 Å². The van der Waals surface area contributed by atoms with Crippen molar-refractivity contribution in [2.75, 3.05) is 13.2 Å². The Balaban J connectivity index is 2.25. The van der Waals surface area contributed by atoms with Gasteiger partial charge in [-0.25, -0.2) is 4.79 Å². The lowest BCUT2D eigenvalue weighted by Gasteiger charge is -2.07. The molecule has 0 spiro atoms. The van der Waals surface area contributed by atoms with E-state index in [2.05, 4.69) is 0 Å². The van der Waals surface area contributed by atoms with E-state index in [4.69, 9.17) is 9.52 Å². The smallest absolute Gasteiger partial charge is 0.336 e. The Kier molecular flexibility index (Phi) is 3.50. The molecule has 0 atom stereocenters. The standard InChI is InChI=1S/C16H15NO3/c18-8-7-17-10-12-9-15(19)20-14-6-5-11-3-1-2-4-13(11)16(12)14/h1-6,9,17-18H,7-8,10H2/p+1. The SMILES string of the molecule is O=c1cc(C[NH2+]CCO)c2c(ccc3ccccc32)o1. The molecule has 0 saturated heterocycles. The fourth-order valence-electron chi connectivity index (χ4n) is 2.53. The summed E-state index contributed by atoms with van der Waals surface area (Å²) in [6, 6.07) is 13.4. The van der Waals surface area contributed by atoms with Gasteiger partial charge in [-0.15, -0.1) is 0 Å². The van der Waals surface area contributed by atoms with Gasteiger partial charge < -0.3 is 14.8 Å². The number of hydrogen-bond donors (Lipinski definition) is 2. The third-order valence-electron chi connectivity index (χ3n) is 3.41. The van der Waals surface area contributed by atoms with E-state index in [1.165, 1.54) is 0 Å². The Hall–Kier alpha value is -2.17. The van der Waals surface area contributed by atoms with Crippen molar-refractivity contribution in [3.63, 3.8) is 0 Å². The van der Waals surface area contributed by atoms with Crippen molar-refractivity contribution in [2.24, 2.45) is 0 Å². The maximum absolute atomic E-state index is 11.6. The highest BCUT2D eigenvalue weighted by atomic mass is 16.4. The number of fused-ring (bicyclic) bond motifs is 3. The molecule has 0 radical (unpaired) electrons. The highest BCUT2D eigenvalue weighted by Gasteiger charge is 2.10. The van der Waals surface area contributed by atoms with Gasteiger partial charge in [0.1, 0.15) is 12.1 Å². The first-order chi connectivity index (χ1) is 9.79. The van der Waals surface area contributed by atoms with Crippen LogP contribution in [0.2, 0.25) is 0 Å². The van der Waals surface area contributed by atoms with Crippen LogP contribution >= 0.6 is 0 Å². The highest BCUT2D eigenvalue weighted by molar-refractivity contribution is 6.06. The molecular weight excluding hydrogens is 254 g/mol. The van der Waals surface area contributed by atoms with Crippen molar-refractivity contribution in [1.82, 2.24) is 0 Å². The third-order valence-corrected chi connectivity index (χ3v) is 3.41. The monoisotopic (exact) mass is 270 g/mol. The first kappa shape index (κ1) is 12.8. The molecule has 0 bridgehead atoms. The minimum atomic E-state index is -0.333. The van der Waals surface area contributed by atoms with Gasteiger partial charge in [0.25, 0.3) is 0 Å². The van der Waals surface area contributed by atoms with Crippen molar-refractivity contribution in [3.05, 3.63) is 58.4 Å². The molecule has 0 saturated carbocycles. The molecule has 1 aromatic heterocycles. The van der Waals surface area contributed by atoms with Crippen LogP contribution in [-0.4, -0.2) is 18.3 Å². The zero-order valence-electron chi connectivity index (χ0n) is 11.0. The van der Waals surface area contributed by atoms with Crippen molar-refractivity contribution < 1.29 is 14.8 Å². The van der Waals surface area contributed by atoms with Crippen LogP contribution in [0.5, 0.6) is 0 Å². The predicted molar refractivity (Wildman–Crippen MR) is 77.6 cm³/mol. The van der Waals surface area contributed by atoms with Crippen molar-refractivity contribution in [2.45, 2.75) is 6.54 Å². The number of rotatable bonds is 4. The predicted octanol–water partition coefficient (Wildman–Crippen LogP) is 1.00. The maximum Gasteiger partial charge on any atom is 0.336 e. The second kappa shape index (κ2) is 5.45. The number of nitrogens with two attached hydrogens (primary N) is 1. The Morgan fingerprint density at radius 3 is 2.85 bits per heavy atom. The van der Waals surface area contributed by atoms with E-state index in [0.717, 1.165) is 21.7 Å². The van der Waals surface area contributed by atoms with Gasteiger partial charge in [-0.1, -0.05) is 30.3 Å². The highest BCUT2D eigenvalue weighted by Crippen LogP contribution is 2.26. The summed E-state index contributed by atoms with van der Waals surface area (Å²) >= 11 is 0. The number of benzene rings is 2. The Labute approximate surface area is 115 Å². The number of quaternary nitrogens is 1. The van der Waals surface area contributed by atoms with Crippen LogP contribution in [0.15, 0.2) is 51.7 Å². The van der Waals surface area contributed by atoms with Gasteiger partial charge in [0, 0.05) is 17.0 Å². The summed E-state index contributed by atoms with van der Waals surface area (Å²) in [4.78, 5) is 11.6. The lowest BCUT2D eigenvalue weighted by Crippen LogP contribution is -2.83. The lowest BCUT2D eigenvalue weighted by atomic mass is 10.0. The molecule has 4 heteroatoms. The first-order valence-corrected chi connectivity index (χ1v) is 6.66. The Morgan fingerprint density at radius 1 is 1.15 bits per heavy atom. The molecule has 20 heavy (non-hydrogen) atoms. The second-order valence-corrected chi connectivity index (χ2v) is 4.76. The molecule has 3 N–H and O–H groups in total. The Bertz CT molecular complexity index is 808. The van der Waals surface area contributed by atoms with Crippen molar-refractivity contribution in [1.29, 1.82) is 0 Å². The van der Waals surface area contributed by atoms with Crippen LogP contribution < -0.4 is 10.9 Å². The summed E-state index contributed by atoms with van der Waals surface area (Å²) < 4.78 is 5.30. The van der Waals surface area contributed by atoms with Crippen LogP contribution in [0.3, 0.4) is 0 Å². The zero-order valence-corrected chi connectivity index (χ0v) is 11.0. The molecule has 3 rings (SSSR count). The molecule has 3 aromatic rings. The minimum Gasteiger partial charge on any atom is -0.423 e. The summed E-state index contributed by atoms with van der Waals surface area (Å²) in [7, 11) is 0. The first-order valence-electron chi connectivity index (χ1n) is 6.66. The van der Waals surface area contributed by atoms with Crippen LogP contribution in [0.25, 0.3) is 21.7 Å². The molecule has 0 aliphatic rings. The summed E-state index contributed by atoms with van der Waals surface area (Å²) in [5, 5.41) is 14.0. The molecule has 0 aliphatic heterocycles. The molecule has 0 unspecified atom stereocenters. The number of aliphatic hydroxyl groups is 1. The van der Waals surface area contributed by atoms with E-state index < -0.39 is 0 Å². The van der Waals surface area contributed by atoms with Gasteiger partial charge in [0.05, 0.1) is 13.2 Å². The summed E-state index contributed by atoms with van der Waals surface area (Å²) in [5.41, 5.74) is 1.23. The average molecular weight is 270 g/mol. The molecule has 2 aromatic carbocycles. The molecule has 0 amide bonds. The number of aliphatic hydroxyl groups excluding tert-OH is 1. The van der Waals surface area contributed by atoms with Crippen molar-refractivity contribution >= 4 is 21.7 Å². The molecule has 0 fully saturated rings. The fraction of sp³-hybridized carbons (Fsp3) is 0.188. The largest absolute Gasteiger partial charge is 0.423 e. The molecule has 4 nitrogen and oxygen atoms in total. The fourth-order valence-corrected chi connectivity index (χ4v) is 2.53. The van der Waals surface area contributed by atoms with Gasteiger partial charge in [-0.05, 0) is 16.8 Å². The Morgan fingerprint density at radius 2 is 2.00 bits per heavy atom. The quantitative estimate of drug-likeness (QED) is 0.422. The van der Waals surface area contributed by atoms with Gasteiger partial charge in [0.2, 0.25) is 0 Å². The normalized spacial score (nSPS) is 11.2. The van der Waals surface area contributed by atoms with E-state index in [1.54, 1.807) is 6.07 Å². The maximum atomic E-state index is 11.6. The third kappa shape index (κ3) is 2.31. The summed E-state index contributed by atoms with van der Waals surface area (Å²) in [6.45, 7) is 1.39. The van der Waals surface area contributed by atoms with Crippen molar-refractivity contribution in [3.8, 4) is 0 Å². The molecule has 0 aliphatic carbocycles. The molecule has 1 heterocycles. The molecule has 102 valence electrons. The summed E-state index contributed by atoms with van der Waals surface area (Å²) in [5.74, 6) is 0. The number of hydrogen-bond acceptors (Lipinski definition) is 3. The van der Waals surface area contributed by atoms with Gasteiger partial charge in [0.15, 0.2) is 0 Å². The topological polar surface area (TPSA) is 67.0 Å². The average Bonchev–Trinajstić information content (AvgIpc) is 2.46. The zero-order chi connectivity index (χ0) is 13.9. The lowest BCUT2D eigenvalue weighted by molar-refractivity contribution is -0.671. The van der Waals surface area contributed by atoms with Gasteiger partial charge in [-0.3, -0.25) is 0 Å². The summed E-state index contributed by atoms with van der Waals surface area (Å²) in [6.07, 6.45) is 0. The van der Waals surface area contributed by atoms with E-state index in [-0.39, 0.29) is 12.2 Å². The molecular formula is C16H16NO3+. The van der Waals surface area contributed by atoms with Crippen LogP contribution in [0.1, 0.15) is 5.56 Å². The van der Waals surface area contributed by atoms with E-state index >= 15 is 0 Å². The second-order valence-electron chi connectivity index (χ2n) is 4.76.